The van der Waals surface area contributed by atoms with Gasteiger partial charge in [-0.05, 0) is 23.8 Å². The van der Waals surface area contributed by atoms with Crippen LogP contribution in [0.3, 0.4) is 0 Å². The van der Waals surface area contributed by atoms with Gasteiger partial charge in [-0.25, -0.2) is 4.79 Å². The van der Waals surface area contributed by atoms with Gasteiger partial charge in [0.15, 0.2) is 0 Å². The summed E-state index contributed by atoms with van der Waals surface area (Å²) in [6.45, 7) is 0. The molecule has 0 saturated heterocycles. The average molecular weight is 367 g/mol. The van der Waals surface area contributed by atoms with Gasteiger partial charge in [0, 0.05) is 30.1 Å². The van der Waals surface area contributed by atoms with Crippen LogP contribution < -0.4 is 11.3 Å². The van der Waals surface area contributed by atoms with Crippen molar-refractivity contribution in [1.29, 1.82) is 0 Å². The molecule has 0 aliphatic carbocycles. The van der Waals surface area contributed by atoms with Crippen molar-refractivity contribution >= 4 is 22.8 Å². The average Bonchev–Trinajstić information content (AvgIpc) is 2.66. The molecule has 8 nitrogen and oxygen atoms in total. The molecule has 138 valence electrons. The number of hydrogen-bond acceptors (Lipinski definition) is 6. The number of nitrogens with zero attached hydrogens (tertiary/aromatic N) is 1. The number of aromatic amines is 1. The van der Waals surface area contributed by atoms with Crippen LogP contribution in [0.2, 0.25) is 0 Å². The molecule has 0 saturated carbocycles. The zero-order valence-corrected chi connectivity index (χ0v) is 14.4. The standard InChI is InChI=1S/C19H17N3O5/c1-27-19(26)13-9-22-18(25)16(17(13)24)12(8-15(20)23)10-4-5-14-11(7-10)3-2-6-21-14/h2-7,9,12H,8H2,1H3,(H2,20,23)(H2,22,24,25). The smallest absolute Gasteiger partial charge is 0.343 e. The molecular weight excluding hydrogens is 350 g/mol. The lowest BCUT2D eigenvalue weighted by Crippen LogP contribution is -2.23. The first kappa shape index (κ1) is 18.1. The Hall–Kier alpha value is -3.68. The third kappa shape index (κ3) is 3.50. The van der Waals surface area contributed by atoms with E-state index < -0.39 is 29.1 Å². The molecule has 4 N–H and O–H groups in total. The Morgan fingerprint density at radius 1 is 1.33 bits per heavy atom. The summed E-state index contributed by atoms with van der Waals surface area (Å²) in [5.41, 5.74) is 5.73. The molecule has 1 aromatic carbocycles. The number of pyridine rings is 2. The lowest BCUT2D eigenvalue weighted by atomic mass is 9.87. The SMILES string of the molecule is COC(=O)c1c[nH]c(=O)c(C(CC(N)=O)c2ccc3ncccc3c2)c1O. The number of rotatable bonds is 5. The van der Waals surface area contributed by atoms with Crippen LogP contribution in [0.15, 0.2) is 47.5 Å². The fraction of sp³-hybridized carbons (Fsp3) is 0.158. The number of nitrogens with two attached hydrogens (primary N) is 1. The van der Waals surface area contributed by atoms with Crippen LogP contribution in [-0.2, 0) is 9.53 Å². The van der Waals surface area contributed by atoms with Crippen LogP contribution >= 0.6 is 0 Å². The second-order valence-electron chi connectivity index (χ2n) is 5.96. The molecule has 0 bridgehead atoms. The molecule has 27 heavy (non-hydrogen) atoms. The number of primary amides is 1. The first-order chi connectivity index (χ1) is 12.9. The number of esters is 1. The molecule has 0 fully saturated rings. The van der Waals surface area contributed by atoms with Crippen molar-refractivity contribution in [3.8, 4) is 5.75 Å². The molecule has 0 spiro atoms. The van der Waals surface area contributed by atoms with Gasteiger partial charge in [-0.2, -0.15) is 0 Å². The van der Waals surface area contributed by atoms with Crippen molar-refractivity contribution in [2.45, 2.75) is 12.3 Å². The minimum Gasteiger partial charge on any atom is -0.506 e. The zero-order chi connectivity index (χ0) is 19.6. The fourth-order valence-electron chi connectivity index (χ4n) is 3.02. The first-order valence-corrected chi connectivity index (χ1v) is 8.08. The Morgan fingerprint density at radius 3 is 2.81 bits per heavy atom. The summed E-state index contributed by atoms with van der Waals surface area (Å²) in [5, 5.41) is 11.3. The topological polar surface area (TPSA) is 135 Å². The number of aromatic nitrogens is 2. The van der Waals surface area contributed by atoms with Gasteiger partial charge in [-0.3, -0.25) is 14.6 Å². The van der Waals surface area contributed by atoms with Crippen LogP contribution in [0.1, 0.15) is 33.8 Å². The van der Waals surface area contributed by atoms with E-state index in [0.717, 1.165) is 24.2 Å². The molecule has 1 unspecified atom stereocenters. The number of amides is 1. The number of benzene rings is 1. The normalized spacial score (nSPS) is 11.9. The van der Waals surface area contributed by atoms with E-state index in [2.05, 4.69) is 14.7 Å². The van der Waals surface area contributed by atoms with Crippen LogP contribution in [-0.4, -0.2) is 34.1 Å². The monoisotopic (exact) mass is 367 g/mol. The number of hydrogen-bond donors (Lipinski definition) is 3. The Bertz CT molecular complexity index is 1090. The molecule has 0 aliphatic rings. The van der Waals surface area contributed by atoms with E-state index in [4.69, 9.17) is 5.73 Å². The summed E-state index contributed by atoms with van der Waals surface area (Å²) in [7, 11) is 1.16. The number of carbonyl (C=O) groups is 2. The maximum Gasteiger partial charge on any atom is 0.343 e. The van der Waals surface area contributed by atoms with Crippen molar-refractivity contribution in [2.24, 2.45) is 5.73 Å². The van der Waals surface area contributed by atoms with E-state index in [0.29, 0.717) is 5.56 Å². The highest BCUT2D eigenvalue weighted by molar-refractivity contribution is 5.92. The van der Waals surface area contributed by atoms with Gasteiger partial charge >= 0.3 is 5.97 Å². The summed E-state index contributed by atoms with van der Waals surface area (Å²) in [6.07, 6.45) is 2.49. The molecule has 2 aromatic heterocycles. The van der Waals surface area contributed by atoms with Gasteiger partial charge < -0.3 is 20.6 Å². The Balaban J connectivity index is 2.22. The fourth-order valence-corrected chi connectivity index (χ4v) is 3.02. The van der Waals surface area contributed by atoms with Gasteiger partial charge in [0.2, 0.25) is 5.91 Å². The van der Waals surface area contributed by atoms with Crippen LogP contribution in [0, 0.1) is 0 Å². The molecular formula is C19H17N3O5. The molecule has 2 heterocycles. The van der Waals surface area contributed by atoms with Gasteiger partial charge in [-0.15, -0.1) is 0 Å². The second kappa shape index (κ2) is 7.28. The van der Waals surface area contributed by atoms with E-state index in [1.165, 1.54) is 0 Å². The molecule has 0 radical (unpaired) electrons. The number of fused-ring (bicyclic) bond motifs is 1. The van der Waals surface area contributed by atoms with Crippen molar-refractivity contribution in [2.75, 3.05) is 7.11 Å². The highest BCUT2D eigenvalue weighted by Crippen LogP contribution is 2.34. The lowest BCUT2D eigenvalue weighted by molar-refractivity contribution is -0.118. The van der Waals surface area contributed by atoms with Crippen molar-refractivity contribution in [3.05, 3.63) is 69.8 Å². The van der Waals surface area contributed by atoms with E-state index in [1.807, 2.05) is 6.07 Å². The maximum atomic E-state index is 12.4. The van der Waals surface area contributed by atoms with Gasteiger partial charge in [-0.1, -0.05) is 12.1 Å². The minimum atomic E-state index is -0.847. The number of H-pyrrole nitrogens is 1. The molecule has 3 aromatic rings. The highest BCUT2D eigenvalue weighted by atomic mass is 16.5. The number of ether oxygens (including phenoxy) is 1. The molecule has 1 amide bonds. The van der Waals surface area contributed by atoms with E-state index >= 15 is 0 Å². The molecule has 8 heteroatoms. The van der Waals surface area contributed by atoms with E-state index in [-0.39, 0.29) is 17.5 Å². The zero-order valence-electron chi connectivity index (χ0n) is 14.4. The van der Waals surface area contributed by atoms with Crippen LogP contribution in [0.5, 0.6) is 5.75 Å². The number of methoxy groups -OCH3 is 1. The molecule has 0 aliphatic heterocycles. The minimum absolute atomic E-state index is 0.125. The molecule has 3 rings (SSSR count). The van der Waals surface area contributed by atoms with Crippen molar-refractivity contribution < 1.29 is 19.4 Å². The van der Waals surface area contributed by atoms with Crippen molar-refractivity contribution in [1.82, 2.24) is 9.97 Å². The lowest BCUT2D eigenvalue weighted by Gasteiger charge is -2.18. The third-order valence-corrected chi connectivity index (χ3v) is 4.29. The predicted octanol–water partition coefficient (Wildman–Crippen LogP) is 1.42. The summed E-state index contributed by atoms with van der Waals surface area (Å²) >= 11 is 0. The van der Waals surface area contributed by atoms with Gasteiger partial charge in [0.25, 0.3) is 5.56 Å². The highest BCUT2D eigenvalue weighted by Gasteiger charge is 2.27. The quantitative estimate of drug-likeness (QED) is 0.584. The number of carbonyl (C=O) groups excluding carboxylic acids is 2. The largest absolute Gasteiger partial charge is 0.506 e. The van der Waals surface area contributed by atoms with Crippen LogP contribution in [0.4, 0.5) is 0 Å². The molecule has 1 atom stereocenters. The van der Waals surface area contributed by atoms with E-state index in [1.54, 1.807) is 30.5 Å². The van der Waals surface area contributed by atoms with Gasteiger partial charge in [0.05, 0.1) is 18.2 Å². The number of aromatic hydroxyl groups is 1. The van der Waals surface area contributed by atoms with Crippen LogP contribution in [0.25, 0.3) is 10.9 Å². The Labute approximate surface area is 153 Å². The Kier molecular flexibility index (Phi) is 4.89. The summed E-state index contributed by atoms with van der Waals surface area (Å²) in [4.78, 5) is 42.6. The summed E-state index contributed by atoms with van der Waals surface area (Å²) in [5.74, 6) is -2.86. The number of nitrogens with one attached hydrogen (secondary N) is 1. The summed E-state index contributed by atoms with van der Waals surface area (Å²) in [6, 6.07) is 8.81. The predicted molar refractivity (Wildman–Crippen MR) is 97.5 cm³/mol. The van der Waals surface area contributed by atoms with Gasteiger partial charge in [0.1, 0.15) is 11.3 Å². The second-order valence-corrected chi connectivity index (χ2v) is 5.96. The van der Waals surface area contributed by atoms with E-state index in [9.17, 15) is 19.5 Å². The van der Waals surface area contributed by atoms with Crippen molar-refractivity contribution in [3.63, 3.8) is 0 Å². The Morgan fingerprint density at radius 2 is 2.11 bits per heavy atom. The summed E-state index contributed by atoms with van der Waals surface area (Å²) < 4.78 is 4.62. The first-order valence-electron chi connectivity index (χ1n) is 8.08. The third-order valence-electron chi connectivity index (χ3n) is 4.29. The maximum absolute atomic E-state index is 12.4.